The number of hydrogen-bond acceptors (Lipinski definition) is 4. The maximum absolute atomic E-state index is 12.3. The Balaban J connectivity index is 4.55. The van der Waals surface area contributed by atoms with Crippen molar-refractivity contribution in [2.45, 2.75) is 66.5 Å². The van der Waals surface area contributed by atoms with Crippen LogP contribution in [0.2, 0.25) is 0 Å². The molecule has 0 spiro atoms. The van der Waals surface area contributed by atoms with Crippen molar-refractivity contribution in [3.63, 3.8) is 0 Å². The lowest BCUT2D eigenvalue weighted by Crippen LogP contribution is -2.50. The third kappa shape index (κ3) is 8.56. The largest absolute Gasteiger partial charge is 0.444 e. The number of rotatable bonds is 5. The molecule has 0 aliphatic carbocycles. The van der Waals surface area contributed by atoms with Gasteiger partial charge in [0, 0.05) is 25.2 Å². The van der Waals surface area contributed by atoms with Crippen molar-refractivity contribution in [1.82, 2.24) is 10.2 Å². The van der Waals surface area contributed by atoms with E-state index in [1.54, 1.807) is 4.90 Å². The first-order valence-corrected chi connectivity index (χ1v) is 7.41. The van der Waals surface area contributed by atoms with Gasteiger partial charge in [0.05, 0.1) is 11.5 Å². The van der Waals surface area contributed by atoms with Gasteiger partial charge in [-0.25, -0.2) is 4.79 Å². The zero-order valence-corrected chi connectivity index (χ0v) is 14.8. The van der Waals surface area contributed by atoms with Crippen molar-refractivity contribution in [2.75, 3.05) is 19.6 Å². The van der Waals surface area contributed by atoms with Gasteiger partial charge < -0.3 is 15.0 Å². The van der Waals surface area contributed by atoms with Crippen molar-refractivity contribution in [2.24, 2.45) is 5.41 Å². The summed E-state index contributed by atoms with van der Waals surface area (Å²) in [5.74, 6) is 0. The molecule has 0 saturated heterocycles. The van der Waals surface area contributed by atoms with Crippen molar-refractivity contribution < 1.29 is 9.53 Å². The van der Waals surface area contributed by atoms with E-state index in [2.05, 4.69) is 11.4 Å². The van der Waals surface area contributed by atoms with E-state index >= 15 is 0 Å². The predicted octanol–water partition coefficient (Wildman–Crippen LogP) is 3.16. The first kappa shape index (κ1) is 19.7. The fourth-order valence-electron chi connectivity index (χ4n) is 1.65. The highest BCUT2D eigenvalue weighted by Gasteiger charge is 2.30. The molecular weight excluding hydrogens is 266 g/mol. The molecular formula is C16H31N3O2. The Hall–Kier alpha value is -1.28. The zero-order chi connectivity index (χ0) is 16.9. The van der Waals surface area contributed by atoms with Gasteiger partial charge in [-0.05, 0) is 55.4 Å². The summed E-state index contributed by atoms with van der Waals surface area (Å²) in [5, 5.41) is 12.2. The van der Waals surface area contributed by atoms with Gasteiger partial charge in [-0.3, -0.25) is 0 Å². The second-order valence-electron chi connectivity index (χ2n) is 7.98. The van der Waals surface area contributed by atoms with E-state index < -0.39 is 11.0 Å². The normalized spacial score (nSPS) is 12.7. The second kappa shape index (κ2) is 7.13. The summed E-state index contributed by atoms with van der Waals surface area (Å²) >= 11 is 0. The fourth-order valence-corrected chi connectivity index (χ4v) is 1.65. The van der Waals surface area contributed by atoms with Crippen LogP contribution in [-0.4, -0.2) is 41.8 Å². The lowest BCUT2D eigenvalue weighted by molar-refractivity contribution is 0.00659. The van der Waals surface area contributed by atoms with Crippen LogP contribution in [0.25, 0.3) is 0 Å². The average molecular weight is 297 g/mol. The summed E-state index contributed by atoms with van der Waals surface area (Å²) in [5.41, 5.74) is -1.22. The summed E-state index contributed by atoms with van der Waals surface area (Å²) in [6.07, 6.45) is -0.309. The molecule has 0 rings (SSSR count). The van der Waals surface area contributed by atoms with Crippen LogP contribution >= 0.6 is 0 Å². The molecule has 0 fully saturated rings. The molecule has 1 amide bonds. The standard InChI is InChI=1S/C16H31N3O2/c1-14(2,3)19(13(20)21-15(4,5)6)10-9-18-12-16(7,8)11-17/h18H,9-10,12H2,1-8H3. The minimum absolute atomic E-state index is 0.309. The Bertz CT molecular complexity index is 384. The quantitative estimate of drug-likeness (QED) is 0.792. The Morgan fingerprint density at radius 1 is 1.14 bits per heavy atom. The fraction of sp³-hybridized carbons (Fsp3) is 0.875. The van der Waals surface area contributed by atoms with E-state index in [9.17, 15) is 4.79 Å². The number of nitrogens with one attached hydrogen (secondary N) is 1. The van der Waals surface area contributed by atoms with Crippen LogP contribution in [0.1, 0.15) is 55.4 Å². The smallest absolute Gasteiger partial charge is 0.410 e. The molecule has 5 heteroatoms. The van der Waals surface area contributed by atoms with Gasteiger partial charge in [0.2, 0.25) is 0 Å². The third-order valence-electron chi connectivity index (χ3n) is 2.81. The van der Waals surface area contributed by atoms with Gasteiger partial charge in [0.15, 0.2) is 0 Å². The van der Waals surface area contributed by atoms with Crippen LogP contribution in [0.15, 0.2) is 0 Å². The summed E-state index contributed by atoms with van der Waals surface area (Å²) in [6.45, 7) is 17.1. The van der Waals surface area contributed by atoms with Crippen molar-refractivity contribution >= 4 is 6.09 Å². The van der Waals surface area contributed by atoms with Gasteiger partial charge in [-0.2, -0.15) is 5.26 Å². The van der Waals surface area contributed by atoms with Crippen LogP contribution in [0.5, 0.6) is 0 Å². The number of nitriles is 1. The van der Waals surface area contributed by atoms with Gasteiger partial charge in [0.25, 0.3) is 0 Å². The lowest BCUT2D eigenvalue weighted by atomic mass is 9.96. The Morgan fingerprint density at radius 2 is 1.67 bits per heavy atom. The Kier molecular flexibility index (Phi) is 6.69. The average Bonchev–Trinajstić information content (AvgIpc) is 2.24. The molecule has 0 aromatic rings. The lowest BCUT2D eigenvalue weighted by Gasteiger charge is -2.37. The molecule has 0 aliphatic rings. The molecule has 0 heterocycles. The number of hydrogen-bond donors (Lipinski definition) is 1. The highest BCUT2D eigenvalue weighted by Crippen LogP contribution is 2.18. The van der Waals surface area contributed by atoms with Crippen LogP contribution in [0.3, 0.4) is 0 Å². The number of amides is 1. The third-order valence-corrected chi connectivity index (χ3v) is 2.81. The topological polar surface area (TPSA) is 65.4 Å². The Labute approximate surface area is 129 Å². The summed E-state index contributed by atoms with van der Waals surface area (Å²) in [4.78, 5) is 14.0. The summed E-state index contributed by atoms with van der Waals surface area (Å²) < 4.78 is 5.45. The van der Waals surface area contributed by atoms with Crippen molar-refractivity contribution in [3.8, 4) is 6.07 Å². The first-order chi connectivity index (χ1) is 9.28. The molecule has 0 aromatic heterocycles. The van der Waals surface area contributed by atoms with Gasteiger partial charge in [-0.1, -0.05) is 0 Å². The van der Waals surface area contributed by atoms with Gasteiger partial charge in [0.1, 0.15) is 5.60 Å². The van der Waals surface area contributed by atoms with Gasteiger partial charge >= 0.3 is 6.09 Å². The number of ether oxygens (including phenoxy) is 1. The SMILES string of the molecule is CC(C)(C#N)CNCCN(C(=O)OC(C)(C)C)C(C)(C)C. The zero-order valence-electron chi connectivity index (χ0n) is 14.8. The van der Waals surface area contributed by atoms with E-state index in [1.807, 2.05) is 55.4 Å². The molecule has 0 aromatic carbocycles. The minimum Gasteiger partial charge on any atom is -0.444 e. The number of carbonyl (C=O) groups excluding carboxylic acids is 1. The summed E-state index contributed by atoms with van der Waals surface area (Å²) in [6, 6.07) is 2.25. The van der Waals surface area contributed by atoms with Crippen molar-refractivity contribution in [1.29, 1.82) is 5.26 Å². The molecule has 0 atom stereocenters. The van der Waals surface area contributed by atoms with Crippen LogP contribution in [-0.2, 0) is 4.74 Å². The van der Waals surface area contributed by atoms with E-state index in [1.165, 1.54) is 0 Å². The molecule has 1 N–H and O–H groups in total. The highest BCUT2D eigenvalue weighted by atomic mass is 16.6. The molecule has 0 unspecified atom stereocenters. The van der Waals surface area contributed by atoms with Crippen LogP contribution < -0.4 is 5.32 Å². The molecule has 0 bridgehead atoms. The van der Waals surface area contributed by atoms with E-state index in [0.717, 1.165) is 0 Å². The maximum atomic E-state index is 12.3. The van der Waals surface area contributed by atoms with Crippen LogP contribution in [0.4, 0.5) is 4.79 Å². The molecule has 122 valence electrons. The first-order valence-electron chi connectivity index (χ1n) is 7.41. The number of nitrogens with zero attached hydrogens (tertiary/aromatic N) is 2. The molecule has 21 heavy (non-hydrogen) atoms. The van der Waals surface area contributed by atoms with E-state index in [4.69, 9.17) is 10.00 Å². The minimum atomic E-state index is -0.503. The van der Waals surface area contributed by atoms with E-state index in [-0.39, 0.29) is 11.6 Å². The number of carbonyl (C=O) groups is 1. The predicted molar refractivity (Wildman–Crippen MR) is 85.0 cm³/mol. The highest BCUT2D eigenvalue weighted by molar-refractivity contribution is 5.69. The molecule has 0 radical (unpaired) electrons. The molecule has 0 aliphatic heterocycles. The molecule has 0 saturated carbocycles. The Morgan fingerprint density at radius 3 is 2.05 bits per heavy atom. The summed E-state index contributed by atoms with van der Waals surface area (Å²) in [7, 11) is 0. The van der Waals surface area contributed by atoms with E-state index in [0.29, 0.717) is 19.6 Å². The maximum Gasteiger partial charge on any atom is 0.410 e. The van der Waals surface area contributed by atoms with Gasteiger partial charge in [-0.15, -0.1) is 0 Å². The van der Waals surface area contributed by atoms with Crippen LogP contribution in [0, 0.1) is 16.7 Å². The monoisotopic (exact) mass is 297 g/mol. The molecule has 5 nitrogen and oxygen atoms in total. The second-order valence-corrected chi connectivity index (χ2v) is 7.98. The van der Waals surface area contributed by atoms with Crippen molar-refractivity contribution in [3.05, 3.63) is 0 Å².